The van der Waals surface area contributed by atoms with Gasteiger partial charge in [-0.3, -0.25) is 4.79 Å². The van der Waals surface area contributed by atoms with E-state index >= 15 is 0 Å². The summed E-state index contributed by atoms with van der Waals surface area (Å²) in [5, 5.41) is 3.64. The van der Waals surface area contributed by atoms with E-state index in [0.29, 0.717) is 36.1 Å². The van der Waals surface area contributed by atoms with E-state index in [9.17, 15) is 9.59 Å². The molecule has 1 N–H and O–H groups in total. The van der Waals surface area contributed by atoms with Crippen LogP contribution in [0.3, 0.4) is 0 Å². The Balaban J connectivity index is 1.64. The minimum absolute atomic E-state index is 0.00622. The third-order valence-corrected chi connectivity index (χ3v) is 5.71. The minimum atomic E-state index is -0.00622. The van der Waals surface area contributed by atoms with Crippen molar-refractivity contribution in [3.63, 3.8) is 0 Å². The number of carbonyl (C=O) groups excluding carboxylic acids is 1. The number of hydrogen-bond donors (Lipinski definition) is 1. The highest BCUT2D eigenvalue weighted by atomic mass is 35.5. The third-order valence-electron chi connectivity index (χ3n) is 5.46. The molecule has 2 atom stereocenters. The highest BCUT2D eigenvalue weighted by Crippen LogP contribution is 2.35. The zero-order valence-electron chi connectivity index (χ0n) is 15.6. The first-order valence-electron chi connectivity index (χ1n) is 9.47. The highest BCUT2D eigenvalue weighted by Gasteiger charge is 2.36. The van der Waals surface area contributed by atoms with Crippen LogP contribution in [0.2, 0.25) is 5.02 Å². The fraction of sp³-hybridized carbons (Fsp3) is 0.429. The van der Waals surface area contributed by atoms with E-state index < -0.39 is 0 Å². The molecule has 2 amide bonds. The van der Waals surface area contributed by atoms with Gasteiger partial charge in [-0.25, -0.2) is 4.79 Å². The van der Waals surface area contributed by atoms with E-state index in [1.807, 2.05) is 41.5 Å². The molecule has 3 heterocycles. The van der Waals surface area contributed by atoms with E-state index in [2.05, 4.69) is 11.4 Å². The first-order valence-corrected chi connectivity index (χ1v) is 9.85. The number of carbonyl (C=O) groups is 1. The summed E-state index contributed by atoms with van der Waals surface area (Å²) in [5.41, 5.74) is 2.67. The molecule has 2 aliphatic heterocycles. The zero-order valence-corrected chi connectivity index (χ0v) is 16.4. The Morgan fingerprint density at radius 2 is 1.85 bits per heavy atom. The van der Waals surface area contributed by atoms with Gasteiger partial charge in [-0.05, 0) is 56.0 Å². The van der Waals surface area contributed by atoms with Crippen molar-refractivity contribution in [2.24, 2.45) is 5.92 Å². The third kappa shape index (κ3) is 3.48. The van der Waals surface area contributed by atoms with Crippen LogP contribution in [-0.4, -0.2) is 34.6 Å². The summed E-state index contributed by atoms with van der Waals surface area (Å²) in [4.78, 5) is 27.5. The lowest BCUT2D eigenvalue weighted by molar-refractivity contribution is 0.130. The van der Waals surface area contributed by atoms with Crippen LogP contribution in [0.25, 0.3) is 11.1 Å². The molecule has 4 rings (SSSR count). The summed E-state index contributed by atoms with van der Waals surface area (Å²) in [6.45, 7) is 5.96. The lowest BCUT2D eigenvalue weighted by Crippen LogP contribution is -2.52. The maximum atomic E-state index is 13.1. The van der Waals surface area contributed by atoms with Crippen molar-refractivity contribution < 1.29 is 4.79 Å². The quantitative estimate of drug-likeness (QED) is 0.856. The van der Waals surface area contributed by atoms with Gasteiger partial charge in [-0.2, -0.15) is 0 Å². The molecule has 1 aromatic carbocycles. The van der Waals surface area contributed by atoms with Gasteiger partial charge in [0.2, 0.25) is 0 Å². The van der Waals surface area contributed by atoms with Crippen LogP contribution >= 0.6 is 11.6 Å². The molecule has 0 aliphatic carbocycles. The average Bonchev–Trinajstić information content (AvgIpc) is 2.63. The largest absolute Gasteiger partial charge is 0.336 e. The molecule has 27 heavy (non-hydrogen) atoms. The fourth-order valence-corrected chi connectivity index (χ4v) is 4.43. The summed E-state index contributed by atoms with van der Waals surface area (Å²) in [6.07, 6.45) is 1.03. The number of rotatable bonds is 2. The molecule has 1 fully saturated rings. The van der Waals surface area contributed by atoms with Crippen molar-refractivity contribution in [2.45, 2.75) is 38.8 Å². The Labute approximate surface area is 163 Å². The fourth-order valence-electron chi connectivity index (χ4n) is 4.30. The molecular weight excluding hydrogens is 362 g/mol. The Bertz CT molecular complexity index is 920. The molecule has 0 spiro atoms. The van der Waals surface area contributed by atoms with Crippen molar-refractivity contribution in [2.75, 3.05) is 13.1 Å². The molecule has 2 unspecified atom stereocenters. The van der Waals surface area contributed by atoms with Gasteiger partial charge < -0.3 is 14.8 Å². The van der Waals surface area contributed by atoms with Gasteiger partial charge in [-0.15, -0.1) is 0 Å². The van der Waals surface area contributed by atoms with Crippen molar-refractivity contribution in [3.05, 3.63) is 57.5 Å². The Hall–Kier alpha value is -2.27. The number of amides is 2. The number of urea groups is 1. The van der Waals surface area contributed by atoms with Crippen LogP contribution in [-0.2, 0) is 6.54 Å². The van der Waals surface area contributed by atoms with Gasteiger partial charge in [0.05, 0.1) is 0 Å². The first kappa shape index (κ1) is 18.1. The number of pyridine rings is 1. The molecule has 6 heteroatoms. The van der Waals surface area contributed by atoms with E-state index in [1.54, 1.807) is 12.1 Å². The Morgan fingerprint density at radius 3 is 2.56 bits per heavy atom. The predicted octanol–water partition coefficient (Wildman–Crippen LogP) is 3.71. The van der Waals surface area contributed by atoms with Gasteiger partial charge >= 0.3 is 6.03 Å². The number of fused-ring (bicyclic) bond motifs is 4. The lowest BCUT2D eigenvalue weighted by atomic mass is 9.83. The van der Waals surface area contributed by atoms with Gasteiger partial charge in [0.15, 0.2) is 0 Å². The van der Waals surface area contributed by atoms with Crippen LogP contribution < -0.4 is 10.9 Å². The number of nitrogens with one attached hydrogen (secondary N) is 1. The molecule has 142 valence electrons. The summed E-state index contributed by atoms with van der Waals surface area (Å²) in [6, 6.07) is 11.5. The van der Waals surface area contributed by atoms with E-state index in [-0.39, 0.29) is 23.6 Å². The molecule has 0 radical (unpaired) electrons. The van der Waals surface area contributed by atoms with Crippen LogP contribution in [0.5, 0.6) is 0 Å². The first-order chi connectivity index (χ1) is 12.9. The second-order valence-corrected chi connectivity index (χ2v) is 8.34. The normalized spacial score (nSPS) is 21.1. The number of halogens is 1. The smallest absolute Gasteiger partial charge is 0.317 e. The summed E-state index contributed by atoms with van der Waals surface area (Å²) < 4.78 is 1.92. The molecule has 2 bridgehead atoms. The van der Waals surface area contributed by atoms with E-state index in [1.165, 1.54) is 0 Å². The van der Waals surface area contributed by atoms with Crippen molar-refractivity contribution in [3.8, 4) is 11.1 Å². The number of nitrogens with zero attached hydrogens (tertiary/aromatic N) is 2. The van der Waals surface area contributed by atoms with Crippen molar-refractivity contribution in [1.29, 1.82) is 0 Å². The summed E-state index contributed by atoms with van der Waals surface area (Å²) >= 11 is 5.97. The van der Waals surface area contributed by atoms with Crippen LogP contribution in [0.4, 0.5) is 4.79 Å². The van der Waals surface area contributed by atoms with Gasteiger partial charge in [0.25, 0.3) is 5.56 Å². The summed E-state index contributed by atoms with van der Waals surface area (Å²) in [7, 11) is 0. The highest BCUT2D eigenvalue weighted by molar-refractivity contribution is 6.30. The van der Waals surface area contributed by atoms with Crippen LogP contribution in [0.1, 0.15) is 31.9 Å². The molecule has 2 aliphatic rings. The number of aromatic nitrogens is 1. The maximum Gasteiger partial charge on any atom is 0.317 e. The van der Waals surface area contributed by atoms with E-state index in [4.69, 9.17) is 11.6 Å². The lowest BCUT2D eigenvalue weighted by Gasteiger charge is -2.43. The van der Waals surface area contributed by atoms with Crippen LogP contribution in [0.15, 0.2) is 41.2 Å². The second kappa shape index (κ2) is 7.04. The minimum Gasteiger partial charge on any atom is -0.336 e. The maximum absolute atomic E-state index is 13.1. The number of piperidine rings is 1. The van der Waals surface area contributed by atoms with Crippen molar-refractivity contribution >= 4 is 17.6 Å². The molecule has 0 saturated carbocycles. The SMILES string of the molecule is CC(C)NC(=O)N1CC2CC(C1)c1ccc(-c3ccc(Cl)cc3)c(=O)n1C2. The number of hydrogen-bond acceptors (Lipinski definition) is 2. The van der Waals surface area contributed by atoms with E-state index in [0.717, 1.165) is 17.7 Å². The molecule has 1 aromatic heterocycles. The van der Waals surface area contributed by atoms with Gasteiger partial charge in [-0.1, -0.05) is 23.7 Å². The molecule has 1 saturated heterocycles. The Kier molecular flexibility index (Phi) is 4.72. The van der Waals surface area contributed by atoms with Crippen LogP contribution in [0, 0.1) is 5.92 Å². The Morgan fingerprint density at radius 1 is 1.11 bits per heavy atom. The second-order valence-electron chi connectivity index (χ2n) is 7.90. The summed E-state index contributed by atoms with van der Waals surface area (Å²) in [5.74, 6) is 0.523. The van der Waals surface area contributed by atoms with Crippen molar-refractivity contribution in [1.82, 2.24) is 14.8 Å². The average molecular weight is 386 g/mol. The molecule has 2 aromatic rings. The predicted molar refractivity (Wildman–Crippen MR) is 107 cm³/mol. The number of likely N-dealkylation sites (tertiary alicyclic amines) is 1. The van der Waals surface area contributed by atoms with Gasteiger partial charge in [0, 0.05) is 47.9 Å². The van der Waals surface area contributed by atoms with Gasteiger partial charge in [0.1, 0.15) is 0 Å². The standard InChI is InChI=1S/C21H24ClN3O2/c1-13(2)23-21(27)24-10-14-9-16(12-24)19-8-7-18(20(26)25(19)11-14)15-3-5-17(22)6-4-15/h3-8,13-14,16H,9-12H2,1-2H3,(H,23,27). The molecule has 5 nitrogen and oxygen atoms in total. The molecular formula is C21H24ClN3O2. The monoisotopic (exact) mass is 385 g/mol. The zero-order chi connectivity index (χ0) is 19.1. The topological polar surface area (TPSA) is 54.3 Å². The number of benzene rings is 1.